The molecule has 0 spiro atoms. The number of aliphatic hydroxyl groups is 1. The van der Waals surface area contributed by atoms with Crippen LogP contribution in [-0.4, -0.2) is 32.6 Å². The lowest BCUT2D eigenvalue weighted by Crippen LogP contribution is -2.26. The Morgan fingerprint density at radius 1 is 1.30 bits per heavy atom. The molecule has 1 aliphatic rings. The number of nitrogens with one attached hydrogen (secondary N) is 1. The summed E-state index contributed by atoms with van der Waals surface area (Å²) in [5.74, 6) is 0.527. The van der Waals surface area contributed by atoms with Gasteiger partial charge in [0.1, 0.15) is 0 Å². The number of nitriles is 1. The van der Waals surface area contributed by atoms with Crippen molar-refractivity contribution in [3.63, 3.8) is 0 Å². The summed E-state index contributed by atoms with van der Waals surface area (Å²) in [4.78, 5) is 13.8. The molecule has 154 valence electrons. The maximum atomic E-state index is 9.78. The minimum atomic E-state index is -0.521. The smallest absolute Gasteiger partial charge is 0.227 e. The fourth-order valence-corrected chi connectivity index (χ4v) is 4.39. The van der Waals surface area contributed by atoms with Gasteiger partial charge >= 0.3 is 0 Å². The predicted molar refractivity (Wildman–Crippen MR) is 119 cm³/mol. The Labute approximate surface area is 180 Å². The number of aromatic nitrogens is 2. The number of hydrogen-bond donors (Lipinski definition) is 2. The van der Waals surface area contributed by atoms with Crippen LogP contribution in [0.25, 0.3) is 10.6 Å². The summed E-state index contributed by atoms with van der Waals surface area (Å²) in [6.45, 7) is 3.47. The van der Waals surface area contributed by atoms with Gasteiger partial charge in [0.15, 0.2) is 0 Å². The van der Waals surface area contributed by atoms with E-state index in [1.54, 1.807) is 24.5 Å². The van der Waals surface area contributed by atoms with Crippen LogP contribution in [0.1, 0.15) is 42.7 Å². The standard InChI is InChI=1S/C23H25N5OS/c1-16(29)17-4-2-5-18(14-17)26-23-25-12-10-21(27-23)22-9-8-20(30-22)15-28(13-3-11-24)19-6-7-19/h2,4-5,8-10,12,14,16,19,29H,3,6-7,13,15H2,1H3,(H,25,26,27). The molecule has 3 aromatic rings. The maximum absolute atomic E-state index is 9.78. The van der Waals surface area contributed by atoms with Crippen LogP contribution in [0.15, 0.2) is 48.7 Å². The first-order valence-corrected chi connectivity index (χ1v) is 11.0. The van der Waals surface area contributed by atoms with E-state index in [-0.39, 0.29) is 0 Å². The van der Waals surface area contributed by atoms with E-state index in [9.17, 15) is 5.11 Å². The van der Waals surface area contributed by atoms with Crippen molar-refractivity contribution in [3.05, 3.63) is 59.1 Å². The SMILES string of the molecule is CC(O)c1cccc(Nc2nccc(-c3ccc(CN(CCC#N)C4CC4)s3)n2)c1. The van der Waals surface area contributed by atoms with Crippen LogP contribution < -0.4 is 5.32 Å². The van der Waals surface area contributed by atoms with Crippen molar-refractivity contribution in [1.82, 2.24) is 14.9 Å². The number of aliphatic hydroxyl groups excluding tert-OH is 1. The van der Waals surface area contributed by atoms with Gasteiger partial charge in [0, 0.05) is 42.3 Å². The minimum Gasteiger partial charge on any atom is -0.389 e. The van der Waals surface area contributed by atoms with Crippen LogP contribution in [0.4, 0.5) is 11.6 Å². The van der Waals surface area contributed by atoms with Crippen molar-refractivity contribution in [2.75, 3.05) is 11.9 Å². The topological polar surface area (TPSA) is 85.1 Å². The molecule has 2 heterocycles. The van der Waals surface area contributed by atoms with Crippen LogP contribution >= 0.6 is 11.3 Å². The first-order chi connectivity index (χ1) is 14.6. The second kappa shape index (κ2) is 9.35. The second-order valence-electron chi connectivity index (χ2n) is 7.57. The monoisotopic (exact) mass is 419 g/mol. The molecule has 0 radical (unpaired) electrons. The fourth-order valence-electron chi connectivity index (χ4n) is 3.39. The number of rotatable bonds is 9. The molecule has 30 heavy (non-hydrogen) atoms. The molecule has 4 rings (SSSR count). The fraction of sp³-hybridized carbons (Fsp3) is 0.348. The first kappa shape index (κ1) is 20.5. The normalized spacial score (nSPS) is 14.5. The molecule has 2 aromatic heterocycles. The Balaban J connectivity index is 1.46. The van der Waals surface area contributed by atoms with Gasteiger partial charge in [-0.25, -0.2) is 9.97 Å². The lowest BCUT2D eigenvalue weighted by molar-refractivity contribution is 0.199. The lowest BCUT2D eigenvalue weighted by Gasteiger charge is -2.19. The molecule has 1 unspecified atom stereocenters. The summed E-state index contributed by atoms with van der Waals surface area (Å²) in [5, 5.41) is 21.9. The molecule has 0 saturated heterocycles. The van der Waals surface area contributed by atoms with Gasteiger partial charge in [0.2, 0.25) is 5.95 Å². The Morgan fingerprint density at radius 3 is 2.93 bits per heavy atom. The third kappa shape index (κ3) is 5.22. The summed E-state index contributed by atoms with van der Waals surface area (Å²) in [6.07, 6.45) is 4.28. The molecule has 2 N–H and O–H groups in total. The third-order valence-corrected chi connectivity index (χ3v) is 6.22. The van der Waals surface area contributed by atoms with Gasteiger partial charge in [-0.1, -0.05) is 12.1 Å². The summed E-state index contributed by atoms with van der Waals surface area (Å²) in [6, 6.07) is 16.7. The molecule has 0 amide bonds. The molecule has 0 aliphatic heterocycles. The highest BCUT2D eigenvalue weighted by molar-refractivity contribution is 7.15. The number of hydrogen-bond acceptors (Lipinski definition) is 7. The van der Waals surface area contributed by atoms with Crippen molar-refractivity contribution in [1.29, 1.82) is 5.26 Å². The van der Waals surface area contributed by atoms with Crippen LogP contribution in [0.5, 0.6) is 0 Å². The van der Waals surface area contributed by atoms with E-state index < -0.39 is 6.10 Å². The zero-order chi connectivity index (χ0) is 20.9. The first-order valence-electron chi connectivity index (χ1n) is 10.2. The predicted octanol–water partition coefficient (Wildman–Crippen LogP) is 4.88. The molecule has 6 nitrogen and oxygen atoms in total. The molecular formula is C23H25N5OS. The molecule has 1 fully saturated rings. The van der Waals surface area contributed by atoms with Gasteiger partial charge in [0.25, 0.3) is 0 Å². The van der Waals surface area contributed by atoms with Crippen LogP contribution in [0.3, 0.4) is 0 Å². The minimum absolute atomic E-state index is 0.521. The highest BCUT2D eigenvalue weighted by Crippen LogP contribution is 2.32. The Hall–Kier alpha value is -2.79. The highest BCUT2D eigenvalue weighted by Gasteiger charge is 2.28. The molecule has 1 aliphatic carbocycles. The number of nitrogens with zero attached hydrogens (tertiary/aromatic N) is 4. The Morgan fingerprint density at radius 2 is 2.17 bits per heavy atom. The zero-order valence-electron chi connectivity index (χ0n) is 17.0. The van der Waals surface area contributed by atoms with E-state index in [0.717, 1.165) is 34.9 Å². The van der Waals surface area contributed by atoms with E-state index in [0.29, 0.717) is 18.4 Å². The van der Waals surface area contributed by atoms with Gasteiger partial charge in [-0.05, 0) is 55.7 Å². The lowest BCUT2D eigenvalue weighted by atomic mass is 10.1. The molecule has 0 bridgehead atoms. The number of anilines is 2. The number of benzene rings is 1. The molecule has 7 heteroatoms. The highest BCUT2D eigenvalue weighted by atomic mass is 32.1. The van der Waals surface area contributed by atoms with Gasteiger partial charge in [-0.2, -0.15) is 5.26 Å². The van der Waals surface area contributed by atoms with E-state index in [1.807, 2.05) is 30.3 Å². The summed E-state index contributed by atoms with van der Waals surface area (Å²) in [5.41, 5.74) is 2.57. The second-order valence-corrected chi connectivity index (χ2v) is 8.74. The van der Waals surface area contributed by atoms with Crippen molar-refractivity contribution < 1.29 is 5.11 Å². The Bertz CT molecular complexity index is 1040. The van der Waals surface area contributed by atoms with Gasteiger partial charge < -0.3 is 10.4 Å². The number of thiophene rings is 1. The molecule has 1 atom stereocenters. The Kier molecular flexibility index (Phi) is 6.38. The van der Waals surface area contributed by atoms with E-state index >= 15 is 0 Å². The third-order valence-electron chi connectivity index (χ3n) is 5.13. The maximum Gasteiger partial charge on any atom is 0.227 e. The van der Waals surface area contributed by atoms with Crippen LogP contribution in [0, 0.1) is 11.3 Å². The average Bonchev–Trinajstić information content (AvgIpc) is 3.49. The summed E-state index contributed by atoms with van der Waals surface area (Å²) in [7, 11) is 0. The summed E-state index contributed by atoms with van der Waals surface area (Å²) >= 11 is 1.74. The molecular weight excluding hydrogens is 394 g/mol. The quantitative estimate of drug-likeness (QED) is 0.514. The van der Waals surface area contributed by atoms with Crippen LogP contribution in [-0.2, 0) is 6.54 Å². The van der Waals surface area contributed by atoms with Gasteiger partial charge in [0.05, 0.1) is 22.7 Å². The van der Waals surface area contributed by atoms with Gasteiger partial charge in [-0.3, -0.25) is 4.90 Å². The van der Waals surface area contributed by atoms with Crippen LogP contribution in [0.2, 0.25) is 0 Å². The molecule has 1 saturated carbocycles. The van der Waals surface area contributed by atoms with Crippen molar-refractivity contribution in [3.8, 4) is 16.6 Å². The van der Waals surface area contributed by atoms with E-state index in [1.165, 1.54) is 17.7 Å². The summed E-state index contributed by atoms with van der Waals surface area (Å²) < 4.78 is 0. The van der Waals surface area contributed by atoms with E-state index in [4.69, 9.17) is 5.26 Å². The largest absolute Gasteiger partial charge is 0.389 e. The van der Waals surface area contributed by atoms with E-state index in [2.05, 4.69) is 38.4 Å². The van der Waals surface area contributed by atoms with Crippen molar-refractivity contribution in [2.24, 2.45) is 0 Å². The average molecular weight is 420 g/mol. The van der Waals surface area contributed by atoms with Crippen molar-refractivity contribution >= 4 is 23.0 Å². The van der Waals surface area contributed by atoms with Crippen molar-refractivity contribution in [2.45, 2.75) is 44.9 Å². The zero-order valence-corrected chi connectivity index (χ0v) is 17.8. The van der Waals surface area contributed by atoms with Gasteiger partial charge in [-0.15, -0.1) is 11.3 Å². The molecule has 1 aromatic carbocycles.